The van der Waals surface area contributed by atoms with Crippen LogP contribution in [-0.4, -0.2) is 104 Å². The lowest BCUT2D eigenvalue weighted by Crippen LogP contribution is -2.43. The van der Waals surface area contributed by atoms with Crippen molar-refractivity contribution in [2.24, 2.45) is 5.92 Å². The minimum Gasteiger partial charge on any atom is -0.383 e. The standard InChI is InChI=1S/C25H37N6O13P/c1-37-12-15-13(19(38-2)22(43-15)30-8-6-16(26)28-24(30)34)10-18(33)27-11-14-20(44-45(36,40-4)41-5)21(39-3)23(42-14)31-9-7-17(32)29-25(31)35/h6-9,13-15,19-23H,10-12H2,1-5H3,(H,27,33)(H2,26,28,34)(H,29,32,35)/t13?,14-,15-,19?,20?,21?,22-,23-/m1/s1. The van der Waals surface area contributed by atoms with E-state index in [0.29, 0.717) is 0 Å². The van der Waals surface area contributed by atoms with Gasteiger partial charge in [-0.1, -0.05) is 0 Å². The summed E-state index contributed by atoms with van der Waals surface area (Å²) in [6.45, 7) is -0.0993. The number of anilines is 1. The number of nitrogens with one attached hydrogen (secondary N) is 2. The summed E-state index contributed by atoms with van der Waals surface area (Å²) in [4.78, 5) is 55.9. The quantitative estimate of drug-likeness (QED) is 0.201. The molecule has 0 spiro atoms. The van der Waals surface area contributed by atoms with Gasteiger partial charge in [0, 0.05) is 72.9 Å². The number of nitrogen functional groups attached to an aromatic ring is 1. The first-order valence-electron chi connectivity index (χ1n) is 13.7. The van der Waals surface area contributed by atoms with Crippen LogP contribution < -0.4 is 28.0 Å². The van der Waals surface area contributed by atoms with Crippen molar-refractivity contribution < 1.29 is 46.6 Å². The van der Waals surface area contributed by atoms with Crippen molar-refractivity contribution in [3.63, 3.8) is 0 Å². The highest BCUT2D eigenvalue weighted by Crippen LogP contribution is 2.52. The Morgan fingerprint density at radius 3 is 2.22 bits per heavy atom. The fourth-order valence-electron chi connectivity index (χ4n) is 5.40. The van der Waals surface area contributed by atoms with Gasteiger partial charge in [0.2, 0.25) is 5.91 Å². The summed E-state index contributed by atoms with van der Waals surface area (Å²) in [6.07, 6.45) is -4.22. The average molecular weight is 661 g/mol. The van der Waals surface area contributed by atoms with Crippen LogP contribution in [0.2, 0.25) is 0 Å². The molecule has 0 aliphatic carbocycles. The number of nitrogens with two attached hydrogens (primary N) is 1. The summed E-state index contributed by atoms with van der Waals surface area (Å²) in [5.41, 5.74) is 3.55. The molecule has 4 rings (SSSR count). The second-order valence-electron chi connectivity index (χ2n) is 10.1. The van der Waals surface area contributed by atoms with Gasteiger partial charge in [-0.15, -0.1) is 0 Å². The van der Waals surface area contributed by atoms with Crippen LogP contribution in [0.3, 0.4) is 0 Å². The number of aromatic amines is 1. The number of amides is 1. The minimum atomic E-state index is -4.10. The lowest BCUT2D eigenvalue weighted by Gasteiger charge is -2.26. The van der Waals surface area contributed by atoms with Crippen LogP contribution in [-0.2, 0) is 46.6 Å². The molecule has 0 aromatic carbocycles. The Morgan fingerprint density at radius 2 is 1.62 bits per heavy atom. The summed E-state index contributed by atoms with van der Waals surface area (Å²) < 4.78 is 59.5. The second-order valence-corrected chi connectivity index (χ2v) is 11.9. The maximum atomic E-state index is 13.3. The third-order valence-electron chi connectivity index (χ3n) is 7.53. The van der Waals surface area contributed by atoms with E-state index >= 15 is 0 Å². The Labute approximate surface area is 256 Å². The molecular weight excluding hydrogens is 623 g/mol. The molecule has 2 aromatic rings. The highest BCUT2D eigenvalue weighted by molar-refractivity contribution is 7.48. The number of phosphoric ester groups is 1. The van der Waals surface area contributed by atoms with Crippen molar-refractivity contribution in [2.75, 3.05) is 54.4 Å². The lowest BCUT2D eigenvalue weighted by molar-refractivity contribution is -0.124. The van der Waals surface area contributed by atoms with Crippen LogP contribution in [0.5, 0.6) is 0 Å². The summed E-state index contributed by atoms with van der Waals surface area (Å²) in [6, 6.07) is 2.56. The SMILES string of the molecule is COC[C@H]1O[C@@H](n2ccc(N)nc2=O)C(OC)C1CC(=O)NC[C@H]1O[C@@H](n2ccc(=O)[nH]c2=O)C(OC)C1OP(=O)(OC)OC. The normalized spacial score (nSPS) is 28.4. The monoisotopic (exact) mass is 660 g/mol. The van der Waals surface area contributed by atoms with Gasteiger partial charge in [0.25, 0.3) is 5.56 Å². The van der Waals surface area contributed by atoms with E-state index in [1.54, 1.807) is 0 Å². The predicted molar refractivity (Wildman–Crippen MR) is 153 cm³/mol. The molecule has 2 aliphatic rings. The van der Waals surface area contributed by atoms with E-state index in [4.69, 9.17) is 43.0 Å². The number of rotatable bonds is 14. The Bertz CT molecular complexity index is 1540. The number of aromatic nitrogens is 4. The van der Waals surface area contributed by atoms with Crippen LogP contribution in [0.15, 0.2) is 38.9 Å². The smallest absolute Gasteiger partial charge is 0.383 e. The van der Waals surface area contributed by atoms with Crippen LogP contribution >= 0.6 is 7.82 Å². The molecule has 20 heteroatoms. The zero-order valence-corrected chi connectivity index (χ0v) is 26.1. The van der Waals surface area contributed by atoms with Gasteiger partial charge in [0.05, 0.1) is 12.7 Å². The van der Waals surface area contributed by atoms with Gasteiger partial charge in [-0.05, 0) is 6.07 Å². The van der Waals surface area contributed by atoms with Gasteiger partial charge in [-0.25, -0.2) is 14.2 Å². The number of ether oxygens (including phenoxy) is 5. The van der Waals surface area contributed by atoms with Crippen molar-refractivity contribution in [3.05, 3.63) is 55.8 Å². The van der Waals surface area contributed by atoms with E-state index in [1.165, 1.54) is 44.4 Å². The van der Waals surface area contributed by atoms with E-state index in [9.17, 15) is 23.7 Å². The van der Waals surface area contributed by atoms with E-state index in [1.807, 2.05) is 0 Å². The van der Waals surface area contributed by atoms with E-state index in [0.717, 1.165) is 24.9 Å². The van der Waals surface area contributed by atoms with Crippen LogP contribution in [0, 0.1) is 5.92 Å². The van der Waals surface area contributed by atoms with Crippen molar-refractivity contribution in [3.8, 4) is 0 Å². The number of phosphoric acid groups is 1. The number of hydrogen-bond donors (Lipinski definition) is 3. The fraction of sp³-hybridized carbons (Fsp3) is 0.640. The Hall–Kier alpha value is -3.26. The Balaban J connectivity index is 1.54. The first kappa shape index (κ1) is 34.6. The third kappa shape index (κ3) is 7.59. The topological polar surface area (TPSA) is 236 Å². The molecule has 4 unspecified atom stereocenters. The fourth-order valence-corrected chi connectivity index (χ4v) is 6.28. The molecule has 0 radical (unpaired) electrons. The number of hydrogen-bond acceptors (Lipinski definition) is 15. The third-order valence-corrected chi connectivity index (χ3v) is 8.92. The maximum absolute atomic E-state index is 13.3. The summed E-state index contributed by atoms with van der Waals surface area (Å²) in [5.74, 6) is -0.986. The lowest BCUT2D eigenvalue weighted by atomic mass is 9.93. The first-order valence-corrected chi connectivity index (χ1v) is 15.1. The van der Waals surface area contributed by atoms with Gasteiger partial charge in [0.15, 0.2) is 12.5 Å². The molecule has 4 N–H and O–H groups in total. The number of nitrogens with zero attached hydrogens (tertiary/aromatic N) is 3. The van der Waals surface area contributed by atoms with Gasteiger partial charge in [-0.2, -0.15) is 4.98 Å². The van der Waals surface area contributed by atoms with Gasteiger partial charge in [-0.3, -0.25) is 37.3 Å². The molecule has 1 amide bonds. The Kier molecular flexibility index (Phi) is 11.5. The van der Waals surface area contributed by atoms with E-state index in [-0.39, 0.29) is 25.4 Å². The predicted octanol–water partition coefficient (Wildman–Crippen LogP) is -1.24. The molecule has 2 fully saturated rings. The number of carbonyl (C=O) groups is 1. The molecular formula is C25H37N6O13P. The van der Waals surface area contributed by atoms with Crippen molar-refractivity contribution >= 4 is 19.5 Å². The largest absolute Gasteiger partial charge is 0.474 e. The zero-order valence-electron chi connectivity index (χ0n) is 25.2. The number of H-pyrrole nitrogens is 1. The van der Waals surface area contributed by atoms with Crippen molar-refractivity contribution in [2.45, 2.75) is 49.4 Å². The van der Waals surface area contributed by atoms with Gasteiger partial charge >= 0.3 is 19.2 Å². The first-order chi connectivity index (χ1) is 21.5. The highest BCUT2D eigenvalue weighted by Gasteiger charge is 2.51. The van der Waals surface area contributed by atoms with Crippen molar-refractivity contribution in [1.82, 2.24) is 24.4 Å². The maximum Gasteiger partial charge on any atom is 0.474 e. The molecule has 4 heterocycles. The molecule has 250 valence electrons. The van der Waals surface area contributed by atoms with E-state index in [2.05, 4.69) is 15.3 Å². The average Bonchev–Trinajstić information content (AvgIpc) is 3.52. The van der Waals surface area contributed by atoms with E-state index < -0.39 is 79.6 Å². The molecule has 0 saturated carbocycles. The number of carbonyl (C=O) groups excluding carboxylic acids is 1. The zero-order chi connectivity index (χ0) is 32.9. The molecule has 19 nitrogen and oxygen atoms in total. The molecule has 0 bridgehead atoms. The van der Waals surface area contributed by atoms with Crippen LogP contribution in [0.1, 0.15) is 18.9 Å². The molecule has 45 heavy (non-hydrogen) atoms. The van der Waals surface area contributed by atoms with Crippen molar-refractivity contribution in [1.29, 1.82) is 0 Å². The molecule has 2 saturated heterocycles. The molecule has 2 aliphatic heterocycles. The van der Waals surface area contributed by atoms with Crippen LogP contribution in [0.25, 0.3) is 0 Å². The second kappa shape index (κ2) is 14.9. The Morgan fingerprint density at radius 1 is 0.978 bits per heavy atom. The highest BCUT2D eigenvalue weighted by atomic mass is 31.2. The number of methoxy groups -OCH3 is 3. The summed E-state index contributed by atoms with van der Waals surface area (Å²) in [7, 11) is 2.36. The molecule has 2 aromatic heterocycles. The van der Waals surface area contributed by atoms with Gasteiger partial charge < -0.3 is 34.7 Å². The van der Waals surface area contributed by atoms with Crippen LogP contribution in [0.4, 0.5) is 5.82 Å². The molecule has 8 atom stereocenters. The summed E-state index contributed by atoms with van der Waals surface area (Å²) in [5, 5.41) is 2.76. The van der Waals surface area contributed by atoms with Gasteiger partial charge in [0.1, 0.15) is 30.2 Å². The summed E-state index contributed by atoms with van der Waals surface area (Å²) >= 11 is 0. The minimum absolute atomic E-state index is 0.0414.